The normalized spacial score (nSPS) is 14.2. The molecule has 1 aliphatic heterocycles. The zero-order valence-corrected chi connectivity index (χ0v) is 22.7. The second kappa shape index (κ2) is 11.6. The van der Waals surface area contributed by atoms with E-state index in [4.69, 9.17) is 4.74 Å². The van der Waals surface area contributed by atoms with Gasteiger partial charge in [0.15, 0.2) is 5.69 Å². The third-order valence-corrected chi connectivity index (χ3v) is 7.24. The molecule has 0 spiro atoms. The lowest BCUT2D eigenvalue weighted by Crippen LogP contribution is -2.37. The number of benzene rings is 3. The van der Waals surface area contributed by atoms with Crippen LogP contribution in [-0.4, -0.2) is 55.8 Å². The molecule has 4 N–H and O–H groups in total. The van der Waals surface area contributed by atoms with Gasteiger partial charge in [-0.05, 0) is 61.2 Å². The van der Waals surface area contributed by atoms with Crippen molar-refractivity contribution in [1.29, 1.82) is 0 Å². The first-order valence-electron chi connectivity index (χ1n) is 13.7. The quantitative estimate of drug-likeness (QED) is 0.212. The summed E-state index contributed by atoms with van der Waals surface area (Å²) in [6.45, 7) is 4.84. The summed E-state index contributed by atoms with van der Waals surface area (Å²) in [6.07, 6.45) is 3.39. The summed E-state index contributed by atoms with van der Waals surface area (Å²) < 4.78 is 6.28. The van der Waals surface area contributed by atoms with Gasteiger partial charge in [-0.2, -0.15) is 0 Å². The molecule has 1 saturated heterocycles. The van der Waals surface area contributed by atoms with Crippen LogP contribution in [0.5, 0.6) is 5.75 Å². The van der Waals surface area contributed by atoms with Crippen molar-refractivity contribution in [2.24, 2.45) is 0 Å². The van der Waals surface area contributed by atoms with Crippen LogP contribution in [0.15, 0.2) is 79.1 Å². The summed E-state index contributed by atoms with van der Waals surface area (Å²) in [5, 5.41) is 5.55. The van der Waals surface area contributed by atoms with Crippen LogP contribution in [0.3, 0.4) is 0 Å². The predicted molar refractivity (Wildman–Crippen MR) is 157 cm³/mol. The molecule has 5 aromatic rings. The van der Waals surface area contributed by atoms with E-state index < -0.39 is 11.8 Å². The number of nitrogens with zero attached hydrogens (tertiary/aromatic N) is 3. The number of rotatable bonds is 8. The van der Waals surface area contributed by atoms with Gasteiger partial charge in [0.05, 0.1) is 17.4 Å². The smallest absolute Gasteiger partial charge is 0.276 e. The van der Waals surface area contributed by atoms with Crippen molar-refractivity contribution in [3.63, 3.8) is 0 Å². The number of hydrogen-bond donors (Lipinski definition) is 4. The Bertz CT molecular complexity index is 1640. The molecule has 1 fully saturated rings. The van der Waals surface area contributed by atoms with Crippen LogP contribution in [0.1, 0.15) is 44.9 Å². The van der Waals surface area contributed by atoms with Crippen molar-refractivity contribution >= 4 is 34.5 Å². The number of carbonyl (C=O) groups excluding carboxylic acids is 2. The first-order valence-corrected chi connectivity index (χ1v) is 13.7. The number of hydrogen-bond acceptors (Lipinski definition) is 6. The molecule has 10 nitrogen and oxygen atoms in total. The third kappa shape index (κ3) is 6.12. The average molecular weight is 550 g/mol. The van der Waals surface area contributed by atoms with Crippen LogP contribution in [-0.2, 0) is 6.54 Å². The van der Waals surface area contributed by atoms with E-state index in [1.807, 2.05) is 55.5 Å². The summed E-state index contributed by atoms with van der Waals surface area (Å²) in [6, 6.07) is 23.6. The van der Waals surface area contributed by atoms with Crippen LogP contribution in [0.4, 0.5) is 11.6 Å². The second-order valence-corrected chi connectivity index (χ2v) is 10.2. The van der Waals surface area contributed by atoms with E-state index >= 15 is 0 Å². The number of para-hydroxylation sites is 2. The number of fused-ring (bicyclic) bond motifs is 1. The molecule has 0 bridgehead atoms. The summed E-state index contributed by atoms with van der Waals surface area (Å²) in [5.74, 6) is 0.0312. The molecular formula is C31H31N7O3. The maximum Gasteiger partial charge on any atom is 0.276 e. The number of nitrogens with one attached hydrogen (secondary N) is 4. The molecule has 0 unspecified atom stereocenters. The van der Waals surface area contributed by atoms with Crippen LogP contribution in [0, 0.1) is 6.92 Å². The predicted octanol–water partition coefficient (Wildman–Crippen LogP) is 5.14. The van der Waals surface area contributed by atoms with Crippen molar-refractivity contribution < 1.29 is 14.3 Å². The highest BCUT2D eigenvalue weighted by Gasteiger charge is 2.23. The Morgan fingerprint density at radius 3 is 2.54 bits per heavy atom. The Hall–Kier alpha value is -4.96. The van der Waals surface area contributed by atoms with Crippen molar-refractivity contribution in [3.8, 4) is 5.75 Å². The molecule has 2 aromatic heterocycles. The van der Waals surface area contributed by atoms with E-state index in [0.29, 0.717) is 5.69 Å². The van der Waals surface area contributed by atoms with Gasteiger partial charge in [-0.1, -0.05) is 42.5 Å². The number of ether oxygens (including phenoxy) is 1. The van der Waals surface area contributed by atoms with E-state index in [1.54, 1.807) is 0 Å². The summed E-state index contributed by atoms with van der Waals surface area (Å²) in [7, 11) is 0. The molecular weight excluding hydrogens is 518 g/mol. The summed E-state index contributed by atoms with van der Waals surface area (Å²) in [5.41, 5.74) is 4.34. The maximum atomic E-state index is 13.1. The fraction of sp³-hybridized carbons (Fsp3) is 0.226. The van der Waals surface area contributed by atoms with Gasteiger partial charge in [-0.3, -0.25) is 19.8 Å². The molecule has 0 atom stereocenters. The molecule has 0 saturated carbocycles. The van der Waals surface area contributed by atoms with E-state index in [9.17, 15) is 9.59 Å². The van der Waals surface area contributed by atoms with E-state index in [0.717, 1.165) is 54.8 Å². The van der Waals surface area contributed by atoms with Crippen LogP contribution in [0.25, 0.3) is 11.0 Å². The van der Waals surface area contributed by atoms with Crippen LogP contribution >= 0.6 is 0 Å². The molecule has 208 valence electrons. The lowest BCUT2D eigenvalue weighted by atomic mass is 10.1. The number of imidazole rings is 2. The van der Waals surface area contributed by atoms with Gasteiger partial charge in [-0.15, -0.1) is 0 Å². The van der Waals surface area contributed by atoms with Gasteiger partial charge in [0.25, 0.3) is 11.8 Å². The molecule has 6 rings (SSSR count). The number of carbonyl (C=O) groups is 2. The lowest BCUT2D eigenvalue weighted by molar-refractivity contribution is 0.0967. The number of amides is 2. The van der Waals surface area contributed by atoms with Gasteiger partial charge in [0.1, 0.15) is 17.5 Å². The minimum absolute atomic E-state index is 0.0133. The minimum atomic E-state index is -0.526. The summed E-state index contributed by atoms with van der Waals surface area (Å²) in [4.78, 5) is 42.7. The highest BCUT2D eigenvalue weighted by molar-refractivity contribution is 6.13. The van der Waals surface area contributed by atoms with Gasteiger partial charge in [0.2, 0.25) is 5.95 Å². The maximum absolute atomic E-state index is 13.1. The summed E-state index contributed by atoms with van der Waals surface area (Å²) >= 11 is 0. The molecule has 1 aliphatic rings. The molecule has 0 radical (unpaired) electrons. The first-order chi connectivity index (χ1) is 20.0. The number of H-pyrrole nitrogens is 2. The molecule has 2 amide bonds. The fourth-order valence-electron chi connectivity index (χ4n) is 5.07. The van der Waals surface area contributed by atoms with Gasteiger partial charge in [-0.25, -0.2) is 9.97 Å². The standard InChI is InChI=1S/C31H31N7O3/c1-20-17-23(41-22-13-15-38(16-14-22)18-21-7-3-2-4-8-21)11-12-24(20)34-29(39)27-28(33-19-32-27)30(40)37-31-35-25-9-5-6-10-26(25)36-31/h2-12,17,19,22H,13-16,18H2,1H3,(H,32,33)(H,34,39)(H2,35,36,37,40). The fourth-order valence-corrected chi connectivity index (χ4v) is 5.07. The number of anilines is 2. The number of likely N-dealkylation sites (tertiary alicyclic amines) is 1. The highest BCUT2D eigenvalue weighted by atomic mass is 16.5. The Balaban J connectivity index is 1.04. The van der Waals surface area contributed by atoms with Gasteiger partial charge in [0, 0.05) is 25.3 Å². The van der Waals surface area contributed by atoms with Crippen LogP contribution in [0.2, 0.25) is 0 Å². The largest absolute Gasteiger partial charge is 0.490 e. The van der Waals surface area contributed by atoms with Crippen molar-refractivity contribution in [1.82, 2.24) is 24.8 Å². The average Bonchev–Trinajstić information content (AvgIpc) is 3.63. The van der Waals surface area contributed by atoms with Crippen molar-refractivity contribution in [2.45, 2.75) is 32.4 Å². The van der Waals surface area contributed by atoms with Gasteiger partial charge < -0.3 is 20.0 Å². The second-order valence-electron chi connectivity index (χ2n) is 10.2. The molecule has 3 heterocycles. The van der Waals surface area contributed by atoms with Crippen molar-refractivity contribution in [3.05, 3.63) is 102 Å². The molecule has 10 heteroatoms. The third-order valence-electron chi connectivity index (χ3n) is 7.24. The lowest BCUT2D eigenvalue weighted by Gasteiger charge is -2.32. The monoisotopic (exact) mass is 549 g/mol. The van der Waals surface area contributed by atoms with Crippen LogP contribution < -0.4 is 15.4 Å². The van der Waals surface area contributed by atoms with Gasteiger partial charge >= 0.3 is 0 Å². The zero-order chi connectivity index (χ0) is 28.2. The number of aromatic nitrogens is 4. The Labute approximate surface area is 237 Å². The highest BCUT2D eigenvalue weighted by Crippen LogP contribution is 2.26. The molecule has 41 heavy (non-hydrogen) atoms. The Morgan fingerprint density at radius 2 is 1.76 bits per heavy atom. The first kappa shape index (κ1) is 26.3. The topological polar surface area (TPSA) is 128 Å². The number of piperidine rings is 1. The zero-order valence-electron chi connectivity index (χ0n) is 22.7. The molecule has 3 aromatic carbocycles. The number of aromatic amines is 2. The minimum Gasteiger partial charge on any atom is -0.490 e. The van der Waals surface area contributed by atoms with Crippen molar-refractivity contribution in [2.75, 3.05) is 23.7 Å². The SMILES string of the molecule is Cc1cc(OC2CCN(Cc3ccccc3)CC2)ccc1NC(=O)c1nc[nH]c1C(=O)Nc1nc2ccccc2[nH]1. The van der Waals surface area contributed by atoms with E-state index in [1.165, 1.54) is 11.9 Å². The Morgan fingerprint density at radius 1 is 0.976 bits per heavy atom. The van der Waals surface area contributed by atoms with E-state index in [-0.39, 0.29) is 23.4 Å². The van der Waals surface area contributed by atoms with E-state index in [2.05, 4.69) is 59.7 Å². The molecule has 0 aliphatic carbocycles. The number of aryl methyl sites for hydroxylation is 1. The Kier molecular flexibility index (Phi) is 7.46.